The Kier molecular flexibility index (Phi) is 6.65. The summed E-state index contributed by atoms with van der Waals surface area (Å²) >= 11 is 0. The van der Waals surface area contributed by atoms with Crippen LogP contribution in [0.5, 0.6) is 0 Å². The molecule has 4 rings (SSSR count). The molecule has 4 aromatic carbocycles. The Morgan fingerprint density at radius 2 is 0.737 bits per heavy atom. The fourth-order valence-corrected chi connectivity index (χ4v) is 8.11. The van der Waals surface area contributed by atoms with Gasteiger partial charge in [-0.05, 0) is 22.9 Å². The number of rotatable bonds is 6. The Morgan fingerprint density at radius 3 is 1.03 bits per heavy atom. The van der Waals surface area contributed by atoms with Crippen LogP contribution in [0.4, 0.5) is 11.4 Å². The normalized spacial score (nSPS) is 13.5. The van der Waals surface area contributed by atoms with Crippen LogP contribution < -0.4 is 0 Å². The van der Waals surface area contributed by atoms with E-state index in [9.17, 15) is 51.9 Å². The van der Waals surface area contributed by atoms with Crippen LogP contribution in [0.2, 0.25) is 0 Å². The topological polar surface area (TPSA) is 242 Å². The first kappa shape index (κ1) is 27.7. The highest BCUT2D eigenvalue weighted by atomic mass is 32.2. The highest BCUT2D eigenvalue weighted by Crippen LogP contribution is 2.41. The van der Waals surface area contributed by atoms with Crippen LogP contribution >= 0.6 is 0 Å². The van der Waals surface area contributed by atoms with E-state index in [2.05, 4.69) is 10.2 Å². The third kappa shape index (κ3) is 5.15. The van der Waals surface area contributed by atoms with Crippen molar-refractivity contribution in [1.82, 2.24) is 0 Å². The van der Waals surface area contributed by atoms with Crippen LogP contribution in [0.25, 0.3) is 21.5 Å². The summed E-state index contributed by atoms with van der Waals surface area (Å²) in [5, 5.41) is 6.41. The Balaban J connectivity index is 2.17. The summed E-state index contributed by atoms with van der Waals surface area (Å²) in [4.78, 5) is -5.32. The van der Waals surface area contributed by atoms with Gasteiger partial charge in [0.15, 0.2) is 0 Å². The molecule has 0 amide bonds. The summed E-state index contributed by atoms with van der Waals surface area (Å²) < 4.78 is 136. The molecule has 38 heavy (non-hydrogen) atoms. The molecular formula is C20H14N2O12S4. The Labute approximate surface area is 215 Å². The van der Waals surface area contributed by atoms with E-state index >= 15 is 0 Å². The second-order valence-corrected chi connectivity index (χ2v) is 13.1. The largest absolute Gasteiger partial charge is 0.298 e. The third-order valence-corrected chi connectivity index (χ3v) is 9.17. The van der Waals surface area contributed by atoms with Crippen LogP contribution in [-0.4, -0.2) is 51.9 Å². The molecule has 14 nitrogen and oxygen atoms in total. The highest BCUT2D eigenvalue weighted by Gasteiger charge is 2.32. The highest BCUT2D eigenvalue weighted by molar-refractivity contribution is 7.89. The van der Waals surface area contributed by atoms with Crippen molar-refractivity contribution in [2.75, 3.05) is 0 Å². The molecule has 18 heteroatoms. The molecule has 0 spiro atoms. The predicted molar refractivity (Wildman–Crippen MR) is 131 cm³/mol. The first-order chi connectivity index (χ1) is 17.4. The smallest absolute Gasteiger partial charge is 0.282 e. The minimum atomic E-state index is -5.44. The quantitative estimate of drug-likeness (QED) is 0.183. The van der Waals surface area contributed by atoms with Crippen molar-refractivity contribution in [1.29, 1.82) is 0 Å². The zero-order valence-electron chi connectivity index (χ0n) is 18.4. The fraction of sp³-hybridized carbons (Fsp3) is 0. The number of hydrogen-bond acceptors (Lipinski definition) is 10. The van der Waals surface area contributed by atoms with E-state index in [4.69, 9.17) is 0 Å². The van der Waals surface area contributed by atoms with Crippen LogP contribution in [0.15, 0.2) is 90.5 Å². The molecule has 0 aliphatic rings. The van der Waals surface area contributed by atoms with E-state index in [1.807, 2.05) is 0 Å². The van der Waals surface area contributed by atoms with Gasteiger partial charge in [0.25, 0.3) is 40.5 Å². The van der Waals surface area contributed by atoms with Gasteiger partial charge in [0.05, 0.1) is 0 Å². The monoisotopic (exact) mass is 602 g/mol. The van der Waals surface area contributed by atoms with Gasteiger partial charge in [0.2, 0.25) is 0 Å². The van der Waals surface area contributed by atoms with Crippen LogP contribution in [-0.2, 0) is 40.5 Å². The summed E-state index contributed by atoms with van der Waals surface area (Å²) in [6.07, 6.45) is 0. The summed E-state index contributed by atoms with van der Waals surface area (Å²) in [7, 11) is -21.5. The van der Waals surface area contributed by atoms with Gasteiger partial charge in [0.1, 0.15) is 31.0 Å². The van der Waals surface area contributed by atoms with Crippen molar-refractivity contribution in [3.05, 3.63) is 60.7 Å². The van der Waals surface area contributed by atoms with E-state index in [0.717, 1.165) is 24.3 Å². The average molecular weight is 603 g/mol. The number of fused-ring (bicyclic) bond motifs is 2. The molecule has 200 valence electrons. The molecule has 0 atom stereocenters. The molecule has 0 fully saturated rings. The van der Waals surface area contributed by atoms with Gasteiger partial charge in [-0.15, -0.1) is 10.2 Å². The molecule has 0 saturated heterocycles. The predicted octanol–water partition coefficient (Wildman–Crippen LogP) is 3.40. The average Bonchev–Trinajstić information content (AvgIpc) is 2.78. The minimum Gasteiger partial charge on any atom is -0.282 e. The van der Waals surface area contributed by atoms with Crippen LogP contribution in [0.3, 0.4) is 0 Å². The Hall–Kier alpha value is -3.36. The lowest BCUT2D eigenvalue weighted by molar-refractivity contribution is 0.467. The molecular weight excluding hydrogens is 588 g/mol. The maximum absolute atomic E-state index is 12.2. The zero-order valence-corrected chi connectivity index (χ0v) is 21.6. The Bertz CT molecular complexity index is 1970. The van der Waals surface area contributed by atoms with Crippen molar-refractivity contribution in [3.63, 3.8) is 0 Å². The number of nitrogens with zero attached hydrogens (tertiary/aromatic N) is 2. The first-order valence-corrected chi connectivity index (χ1v) is 15.6. The summed E-state index contributed by atoms with van der Waals surface area (Å²) in [5.41, 5.74) is -1.80. The maximum atomic E-state index is 12.2. The lowest BCUT2D eigenvalue weighted by atomic mass is 10.1. The SMILES string of the molecule is O=S(=O)(O)c1c(N=Nc2cc3ccccc3c(S(=O)(=O)O)c2S(=O)(=O)O)cc2ccccc2c1S(=O)(=O)O. The van der Waals surface area contributed by atoms with E-state index < -0.39 is 71.4 Å². The van der Waals surface area contributed by atoms with Crippen LogP contribution in [0.1, 0.15) is 0 Å². The molecule has 0 radical (unpaired) electrons. The van der Waals surface area contributed by atoms with E-state index in [1.165, 1.54) is 36.4 Å². The number of benzene rings is 4. The lowest BCUT2D eigenvalue weighted by Crippen LogP contribution is -2.10. The molecule has 0 aromatic heterocycles. The first-order valence-electron chi connectivity index (χ1n) is 9.84. The maximum Gasteiger partial charge on any atom is 0.298 e. The van der Waals surface area contributed by atoms with Crippen molar-refractivity contribution in [2.45, 2.75) is 19.6 Å². The molecule has 0 aliphatic carbocycles. The molecule has 0 unspecified atom stereocenters. The third-order valence-electron chi connectivity index (χ3n) is 5.17. The number of azo groups is 1. The van der Waals surface area contributed by atoms with Gasteiger partial charge in [-0.25, -0.2) is 0 Å². The van der Waals surface area contributed by atoms with E-state index in [0.29, 0.717) is 0 Å². The second kappa shape index (κ2) is 9.13. The fourth-order valence-electron chi connectivity index (χ4n) is 3.83. The summed E-state index contributed by atoms with van der Waals surface area (Å²) in [6, 6.07) is 12.2. The molecule has 4 N–H and O–H groups in total. The van der Waals surface area contributed by atoms with E-state index in [-0.39, 0.29) is 21.5 Å². The summed E-state index contributed by atoms with van der Waals surface area (Å²) in [5.74, 6) is 0. The molecule has 0 saturated carbocycles. The number of hydrogen-bond donors (Lipinski definition) is 4. The molecule has 0 aliphatic heterocycles. The standard InChI is InChI=1S/C20H14N2O12S4/c23-35(24,25)17-13-7-3-1-5-11(13)9-15(19(17)37(29,30)31)21-22-16-10-12-6-2-4-8-14(12)18(36(26,27)28)20(16)38(32,33)34/h1-10H,(H,23,24,25)(H,26,27,28)(H,29,30,31)(H,32,33,34). The Morgan fingerprint density at radius 1 is 0.447 bits per heavy atom. The van der Waals surface area contributed by atoms with Crippen molar-refractivity contribution in [2.24, 2.45) is 10.2 Å². The van der Waals surface area contributed by atoms with Gasteiger partial charge in [-0.3, -0.25) is 18.2 Å². The lowest BCUT2D eigenvalue weighted by Gasteiger charge is -2.13. The van der Waals surface area contributed by atoms with Crippen molar-refractivity contribution < 1.29 is 51.9 Å². The summed E-state index contributed by atoms with van der Waals surface area (Å²) in [6.45, 7) is 0. The second-order valence-electron chi connectivity index (χ2n) is 7.65. The van der Waals surface area contributed by atoms with Gasteiger partial charge < -0.3 is 0 Å². The minimum absolute atomic E-state index is 0.00591. The van der Waals surface area contributed by atoms with Gasteiger partial charge in [0, 0.05) is 10.8 Å². The van der Waals surface area contributed by atoms with Gasteiger partial charge >= 0.3 is 0 Å². The molecule has 4 aromatic rings. The molecule has 0 heterocycles. The van der Waals surface area contributed by atoms with Crippen molar-refractivity contribution >= 4 is 73.4 Å². The molecule has 0 bridgehead atoms. The van der Waals surface area contributed by atoms with Crippen molar-refractivity contribution in [3.8, 4) is 0 Å². The van der Waals surface area contributed by atoms with E-state index in [1.54, 1.807) is 0 Å². The zero-order chi connectivity index (χ0) is 28.3. The van der Waals surface area contributed by atoms with Gasteiger partial charge in [-0.2, -0.15) is 33.7 Å². The van der Waals surface area contributed by atoms with Gasteiger partial charge in [-0.1, -0.05) is 48.5 Å². The van der Waals surface area contributed by atoms with Crippen LogP contribution in [0, 0.1) is 0 Å².